The number of hydrogen-bond donors (Lipinski definition) is 1. The van der Waals surface area contributed by atoms with Crippen molar-refractivity contribution in [3.8, 4) is 0 Å². The molecule has 2 rings (SSSR count). The molecule has 6 heteroatoms. The number of carbonyl (C=O) groups is 1. The SMILES string of the molecule is CN(CC1CCCC1)C(=O)Cn1cc(CN)nn1. The highest BCUT2D eigenvalue weighted by molar-refractivity contribution is 5.75. The Morgan fingerprint density at radius 1 is 1.56 bits per heavy atom. The zero-order chi connectivity index (χ0) is 13.0. The van der Waals surface area contributed by atoms with Crippen LogP contribution in [0.5, 0.6) is 0 Å². The lowest BCUT2D eigenvalue weighted by Gasteiger charge is -2.20. The van der Waals surface area contributed by atoms with E-state index in [1.807, 2.05) is 7.05 Å². The van der Waals surface area contributed by atoms with Crippen LogP contribution in [0, 0.1) is 5.92 Å². The first-order chi connectivity index (χ1) is 8.69. The fourth-order valence-corrected chi connectivity index (χ4v) is 2.45. The molecule has 1 saturated carbocycles. The maximum atomic E-state index is 12.0. The molecule has 1 fully saturated rings. The summed E-state index contributed by atoms with van der Waals surface area (Å²) in [5, 5.41) is 7.75. The van der Waals surface area contributed by atoms with Crippen molar-refractivity contribution in [2.45, 2.75) is 38.8 Å². The number of rotatable bonds is 5. The lowest BCUT2D eigenvalue weighted by molar-refractivity contribution is -0.131. The topological polar surface area (TPSA) is 77.0 Å². The van der Waals surface area contributed by atoms with Crippen LogP contribution < -0.4 is 5.73 Å². The second kappa shape index (κ2) is 5.95. The quantitative estimate of drug-likeness (QED) is 0.821. The molecule has 0 unspecified atom stereocenters. The first-order valence-electron chi connectivity index (χ1n) is 6.52. The smallest absolute Gasteiger partial charge is 0.244 e. The third-order valence-electron chi connectivity index (χ3n) is 3.53. The molecule has 1 aromatic rings. The Balaban J connectivity index is 1.82. The van der Waals surface area contributed by atoms with Gasteiger partial charge >= 0.3 is 0 Å². The van der Waals surface area contributed by atoms with E-state index in [1.54, 1.807) is 15.8 Å². The second-order valence-electron chi connectivity index (χ2n) is 5.04. The molecule has 18 heavy (non-hydrogen) atoms. The molecule has 1 aliphatic rings. The Bertz CT molecular complexity index is 397. The van der Waals surface area contributed by atoms with Gasteiger partial charge in [-0.25, -0.2) is 4.68 Å². The molecule has 0 spiro atoms. The highest BCUT2D eigenvalue weighted by atomic mass is 16.2. The normalized spacial score (nSPS) is 16.1. The van der Waals surface area contributed by atoms with E-state index in [2.05, 4.69) is 10.3 Å². The molecule has 0 bridgehead atoms. The molecule has 1 heterocycles. The van der Waals surface area contributed by atoms with E-state index in [4.69, 9.17) is 5.73 Å². The highest BCUT2D eigenvalue weighted by Gasteiger charge is 2.19. The summed E-state index contributed by atoms with van der Waals surface area (Å²) >= 11 is 0. The second-order valence-corrected chi connectivity index (χ2v) is 5.04. The van der Waals surface area contributed by atoms with Crippen molar-refractivity contribution in [2.75, 3.05) is 13.6 Å². The number of nitrogens with zero attached hydrogens (tertiary/aromatic N) is 4. The van der Waals surface area contributed by atoms with Gasteiger partial charge in [-0.2, -0.15) is 0 Å². The number of likely N-dealkylation sites (N-methyl/N-ethyl adjacent to an activating group) is 1. The van der Waals surface area contributed by atoms with Crippen molar-refractivity contribution in [1.29, 1.82) is 0 Å². The predicted molar refractivity (Wildman–Crippen MR) is 67.5 cm³/mol. The van der Waals surface area contributed by atoms with Crippen LogP contribution in [0.3, 0.4) is 0 Å². The van der Waals surface area contributed by atoms with Gasteiger partial charge in [-0.15, -0.1) is 5.10 Å². The number of nitrogens with two attached hydrogens (primary N) is 1. The molecule has 0 saturated heterocycles. The maximum absolute atomic E-state index is 12.0. The summed E-state index contributed by atoms with van der Waals surface area (Å²) in [6.45, 7) is 1.46. The molecule has 100 valence electrons. The molecular weight excluding hydrogens is 230 g/mol. The van der Waals surface area contributed by atoms with Crippen molar-refractivity contribution in [3.05, 3.63) is 11.9 Å². The molecule has 1 aliphatic carbocycles. The summed E-state index contributed by atoms with van der Waals surface area (Å²) in [7, 11) is 1.86. The first-order valence-corrected chi connectivity index (χ1v) is 6.52. The number of carbonyl (C=O) groups excluding carboxylic acids is 1. The standard InChI is InChI=1S/C12H21N5O/c1-16(7-10-4-2-3-5-10)12(18)9-17-8-11(6-13)14-15-17/h8,10H,2-7,9,13H2,1H3. The summed E-state index contributed by atoms with van der Waals surface area (Å²) in [4.78, 5) is 13.8. The van der Waals surface area contributed by atoms with E-state index < -0.39 is 0 Å². The molecule has 0 aromatic carbocycles. The van der Waals surface area contributed by atoms with Crippen molar-refractivity contribution < 1.29 is 4.79 Å². The van der Waals surface area contributed by atoms with E-state index in [0.717, 1.165) is 6.54 Å². The van der Waals surface area contributed by atoms with Gasteiger partial charge in [0.1, 0.15) is 6.54 Å². The summed E-state index contributed by atoms with van der Waals surface area (Å²) in [6, 6.07) is 0. The molecule has 0 aliphatic heterocycles. The summed E-state index contributed by atoms with van der Waals surface area (Å²) in [5.41, 5.74) is 6.16. The van der Waals surface area contributed by atoms with Gasteiger partial charge in [0, 0.05) is 20.1 Å². The molecule has 2 N–H and O–H groups in total. The van der Waals surface area contributed by atoms with Crippen LogP contribution >= 0.6 is 0 Å². The van der Waals surface area contributed by atoms with Crippen LogP contribution in [0.25, 0.3) is 0 Å². The van der Waals surface area contributed by atoms with Crippen molar-refractivity contribution in [3.63, 3.8) is 0 Å². The van der Waals surface area contributed by atoms with Gasteiger partial charge in [0.05, 0.1) is 11.9 Å². The van der Waals surface area contributed by atoms with Gasteiger partial charge in [-0.3, -0.25) is 4.79 Å². The van der Waals surface area contributed by atoms with Crippen LogP contribution in [-0.2, 0) is 17.9 Å². The largest absolute Gasteiger partial charge is 0.344 e. The van der Waals surface area contributed by atoms with Gasteiger partial charge in [0.15, 0.2) is 0 Å². The number of hydrogen-bond acceptors (Lipinski definition) is 4. The van der Waals surface area contributed by atoms with E-state index in [0.29, 0.717) is 18.2 Å². The Kier molecular flexibility index (Phi) is 4.30. The van der Waals surface area contributed by atoms with E-state index in [9.17, 15) is 4.79 Å². The average molecular weight is 251 g/mol. The lowest BCUT2D eigenvalue weighted by atomic mass is 10.1. The molecule has 6 nitrogen and oxygen atoms in total. The first kappa shape index (κ1) is 13.0. The van der Waals surface area contributed by atoms with Crippen LogP contribution in [-0.4, -0.2) is 39.4 Å². The Morgan fingerprint density at radius 3 is 2.89 bits per heavy atom. The van der Waals surface area contributed by atoms with Crippen LogP contribution in [0.1, 0.15) is 31.4 Å². The average Bonchev–Trinajstić information content (AvgIpc) is 3.00. The predicted octanol–water partition coefficient (Wildman–Crippen LogP) is 0.385. The Hall–Kier alpha value is -1.43. The molecule has 1 amide bonds. The fourth-order valence-electron chi connectivity index (χ4n) is 2.45. The van der Waals surface area contributed by atoms with Crippen molar-refractivity contribution >= 4 is 5.91 Å². The van der Waals surface area contributed by atoms with Gasteiger partial charge in [0.25, 0.3) is 0 Å². The maximum Gasteiger partial charge on any atom is 0.244 e. The van der Waals surface area contributed by atoms with Crippen molar-refractivity contribution in [2.24, 2.45) is 11.7 Å². The number of aromatic nitrogens is 3. The van der Waals surface area contributed by atoms with Gasteiger partial charge in [-0.1, -0.05) is 18.1 Å². The van der Waals surface area contributed by atoms with Gasteiger partial charge in [-0.05, 0) is 18.8 Å². The third kappa shape index (κ3) is 3.29. The minimum atomic E-state index is 0.0790. The summed E-state index contributed by atoms with van der Waals surface area (Å²) in [5.74, 6) is 0.754. The molecule has 0 radical (unpaired) electrons. The zero-order valence-electron chi connectivity index (χ0n) is 10.9. The molecular formula is C12H21N5O. The number of amides is 1. The Labute approximate surface area is 107 Å². The minimum absolute atomic E-state index is 0.0790. The van der Waals surface area contributed by atoms with Crippen LogP contribution in [0.2, 0.25) is 0 Å². The van der Waals surface area contributed by atoms with E-state index in [1.165, 1.54) is 25.7 Å². The summed E-state index contributed by atoms with van der Waals surface area (Å²) in [6.07, 6.45) is 6.82. The summed E-state index contributed by atoms with van der Waals surface area (Å²) < 4.78 is 1.55. The van der Waals surface area contributed by atoms with Crippen LogP contribution in [0.4, 0.5) is 0 Å². The monoisotopic (exact) mass is 251 g/mol. The lowest BCUT2D eigenvalue weighted by Crippen LogP contribution is -2.33. The molecule has 0 atom stereocenters. The highest BCUT2D eigenvalue weighted by Crippen LogP contribution is 2.25. The molecule has 1 aromatic heterocycles. The zero-order valence-corrected chi connectivity index (χ0v) is 10.9. The minimum Gasteiger partial charge on any atom is -0.344 e. The third-order valence-corrected chi connectivity index (χ3v) is 3.53. The van der Waals surface area contributed by atoms with Gasteiger partial charge < -0.3 is 10.6 Å². The Morgan fingerprint density at radius 2 is 2.28 bits per heavy atom. The fraction of sp³-hybridized carbons (Fsp3) is 0.750. The van der Waals surface area contributed by atoms with Crippen molar-refractivity contribution in [1.82, 2.24) is 19.9 Å². The van der Waals surface area contributed by atoms with E-state index >= 15 is 0 Å². The van der Waals surface area contributed by atoms with Crippen LogP contribution in [0.15, 0.2) is 6.20 Å². The van der Waals surface area contributed by atoms with E-state index in [-0.39, 0.29) is 12.5 Å². The van der Waals surface area contributed by atoms with Gasteiger partial charge in [0.2, 0.25) is 5.91 Å².